The third kappa shape index (κ3) is 2.97. The van der Waals surface area contributed by atoms with Gasteiger partial charge in [-0.05, 0) is 25.6 Å². The summed E-state index contributed by atoms with van der Waals surface area (Å²) in [5.74, 6) is 0. The molecule has 1 aliphatic rings. The highest BCUT2D eigenvalue weighted by Crippen LogP contribution is 2.41. The number of thioether (sulfide) groups is 3. The largest absolute Gasteiger partial charge is 0.260 e. The summed E-state index contributed by atoms with van der Waals surface area (Å²) in [6, 6.07) is 0. The molecule has 2 nitrogen and oxygen atoms in total. The van der Waals surface area contributed by atoms with Crippen molar-refractivity contribution in [1.29, 1.82) is 5.26 Å². The van der Waals surface area contributed by atoms with Crippen molar-refractivity contribution in [3.05, 3.63) is 11.5 Å². The van der Waals surface area contributed by atoms with E-state index in [1.165, 1.54) is 11.8 Å². The van der Waals surface area contributed by atoms with Gasteiger partial charge in [0, 0.05) is 4.91 Å². The van der Waals surface area contributed by atoms with Crippen LogP contribution in [-0.2, 0) is 0 Å². The van der Waals surface area contributed by atoms with E-state index in [0.717, 1.165) is 14.4 Å². The van der Waals surface area contributed by atoms with Crippen molar-refractivity contribution in [3.8, 4) is 5.40 Å². The molecule has 0 fully saturated rings. The van der Waals surface area contributed by atoms with Gasteiger partial charge in [0.05, 0.1) is 10.6 Å². The fourth-order valence-electron chi connectivity index (χ4n) is 0.712. The number of thiocyanates is 1. The molecule has 0 saturated heterocycles. The summed E-state index contributed by atoms with van der Waals surface area (Å²) >= 11 is 4.47. The van der Waals surface area contributed by atoms with Crippen LogP contribution in [0.15, 0.2) is 16.5 Å². The van der Waals surface area contributed by atoms with E-state index in [0.29, 0.717) is 0 Å². The molecule has 0 aromatic heterocycles. The second-order valence-corrected chi connectivity index (χ2v) is 6.39. The van der Waals surface area contributed by atoms with Crippen LogP contribution in [0.3, 0.4) is 0 Å². The summed E-state index contributed by atoms with van der Waals surface area (Å²) < 4.78 is 1.03. The number of hydrogen-bond acceptors (Lipinski definition) is 5. The van der Waals surface area contributed by atoms with Gasteiger partial charge < -0.3 is 0 Å². The maximum atomic E-state index is 8.33. The third-order valence-corrected chi connectivity index (χ3v) is 4.60. The van der Waals surface area contributed by atoms with Gasteiger partial charge in [-0.1, -0.05) is 30.1 Å². The van der Waals surface area contributed by atoms with Gasteiger partial charge in [0.1, 0.15) is 9.78 Å². The first-order chi connectivity index (χ1) is 6.06. The lowest BCUT2D eigenvalue weighted by atomic mass is 10.1. The summed E-state index contributed by atoms with van der Waals surface area (Å²) in [4.78, 5) is 5.57. The fraction of sp³-hybridized carbons (Fsp3) is 0.500. The van der Waals surface area contributed by atoms with Crippen LogP contribution in [-0.4, -0.2) is 15.0 Å². The van der Waals surface area contributed by atoms with E-state index in [1.54, 1.807) is 23.5 Å². The number of nitrogens with zero attached hydrogens (tertiary/aromatic N) is 2. The normalized spacial score (nSPS) is 19.8. The Balaban J connectivity index is 2.47. The Labute approximate surface area is 91.3 Å². The molecule has 0 aromatic rings. The highest BCUT2D eigenvalue weighted by atomic mass is 32.2. The van der Waals surface area contributed by atoms with Crippen molar-refractivity contribution in [1.82, 2.24) is 0 Å². The number of hydrogen-bond donors (Lipinski definition) is 0. The molecule has 0 aromatic carbocycles. The average Bonchev–Trinajstić information content (AvgIpc) is 2.27. The molecule has 0 N–H and O–H groups in total. The second-order valence-electron chi connectivity index (χ2n) is 2.96. The van der Waals surface area contributed by atoms with Crippen LogP contribution < -0.4 is 0 Å². The highest BCUT2D eigenvalue weighted by Gasteiger charge is 2.29. The molecule has 0 saturated carbocycles. The van der Waals surface area contributed by atoms with Gasteiger partial charge in [-0.3, -0.25) is 4.99 Å². The van der Waals surface area contributed by atoms with Gasteiger partial charge in [0.25, 0.3) is 0 Å². The van der Waals surface area contributed by atoms with Gasteiger partial charge in [-0.15, -0.1) is 0 Å². The topological polar surface area (TPSA) is 36.1 Å². The van der Waals surface area contributed by atoms with E-state index >= 15 is 0 Å². The maximum absolute atomic E-state index is 8.33. The van der Waals surface area contributed by atoms with E-state index < -0.39 is 0 Å². The Kier molecular flexibility index (Phi) is 3.77. The minimum absolute atomic E-state index is 0.135. The van der Waals surface area contributed by atoms with Crippen LogP contribution in [0.4, 0.5) is 0 Å². The van der Waals surface area contributed by atoms with Gasteiger partial charge in [0.15, 0.2) is 0 Å². The molecule has 0 radical (unpaired) electrons. The Hall–Kier alpha value is -0.0500. The lowest BCUT2D eigenvalue weighted by molar-refractivity contribution is 0.659. The van der Waals surface area contributed by atoms with Crippen molar-refractivity contribution in [3.63, 3.8) is 0 Å². The SMILES string of the molecule is C=C1SC(SCSC#N)=NC1(C)C. The summed E-state index contributed by atoms with van der Waals surface area (Å²) in [6.45, 7) is 8.05. The number of rotatable bonds is 2. The average molecular weight is 230 g/mol. The molecule has 0 spiro atoms. The summed E-state index contributed by atoms with van der Waals surface area (Å²) in [7, 11) is 0. The second kappa shape index (κ2) is 4.45. The standard InChI is InChI=1S/C8H10N2S3/c1-6-8(2,3)10-7(13-6)12-5-11-4-9/h1,5H2,2-3H3. The van der Waals surface area contributed by atoms with Crippen LogP contribution in [0.5, 0.6) is 0 Å². The predicted octanol–water partition coefficient (Wildman–Crippen LogP) is 3.29. The summed E-state index contributed by atoms with van der Waals surface area (Å²) in [5, 5.41) is 11.1. The monoisotopic (exact) mass is 230 g/mol. The number of aliphatic imine (C=N–C) groups is 1. The van der Waals surface area contributed by atoms with Crippen LogP contribution in [0.2, 0.25) is 0 Å². The minimum Gasteiger partial charge on any atom is -0.260 e. The molecular formula is C8H10N2S3. The van der Waals surface area contributed by atoms with E-state index in [9.17, 15) is 0 Å². The molecule has 0 aliphatic carbocycles. The molecule has 1 aliphatic heterocycles. The lowest BCUT2D eigenvalue weighted by Gasteiger charge is -2.12. The van der Waals surface area contributed by atoms with Crippen molar-refractivity contribution in [2.75, 3.05) is 5.08 Å². The zero-order chi connectivity index (χ0) is 9.90. The molecule has 0 unspecified atom stereocenters. The van der Waals surface area contributed by atoms with Gasteiger partial charge in [-0.2, -0.15) is 5.26 Å². The van der Waals surface area contributed by atoms with Gasteiger partial charge in [0.2, 0.25) is 0 Å². The van der Waals surface area contributed by atoms with Crippen LogP contribution in [0, 0.1) is 10.7 Å². The van der Waals surface area contributed by atoms with Crippen LogP contribution >= 0.6 is 35.3 Å². The maximum Gasteiger partial charge on any atom is 0.134 e. The molecule has 13 heavy (non-hydrogen) atoms. The quantitative estimate of drug-likeness (QED) is 0.414. The Morgan fingerprint density at radius 1 is 1.69 bits per heavy atom. The molecule has 0 amide bonds. The zero-order valence-corrected chi connectivity index (χ0v) is 9.98. The third-order valence-electron chi connectivity index (χ3n) is 1.57. The molecule has 1 rings (SSSR count). The predicted molar refractivity (Wildman–Crippen MR) is 63.9 cm³/mol. The Bertz CT molecular complexity index is 288. The van der Waals surface area contributed by atoms with E-state index in [1.807, 2.05) is 19.2 Å². The molecular weight excluding hydrogens is 220 g/mol. The zero-order valence-electron chi connectivity index (χ0n) is 7.53. The molecule has 1 heterocycles. The minimum atomic E-state index is -0.135. The van der Waals surface area contributed by atoms with E-state index in [-0.39, 0.29) is 5.54 Å². The van der Waals surface area contributed by atoms with E-state index in [4.69, 9.17) is 5.26 Å². The first-order valence-corrected chi connectivity index (χ1v) is 6.46. The van der Waals surface area contributed by atoms with Crippen molar-refractivity contribution >= 4 is 39.7 Å². The van der Waals surface area contributed by atoms with Gasteiger partial charge >= 0.3 is 0 Å². The molecule has 70 valence electrons. The van der Waals surface area contributed by atoms with Crippen LogP contribution in [0.1, 0.15) is 13.8 Å². The first kappa shape index (κ1) is 11.0. The number of nitriles is 1. The Morgan fingerprint density at radius 3 is 2.85 bits per heavy atom. The van der Waals surface area contributed by atoms with Crippen molar-refractivity contribution < 1.29 is 0 Å². The fourth-order valence-corrected chi connectivity index (χ4v) is 3.60. The smallest absolute Gasteiger partial charge is 0.134 e. The molecule has 0 atom stereocenters. The van der Waals surface area contributed by atoms with E-state index in [2.05, 4.69) is 11.6 Å². The van der Waals surface area contributed by atoms with Crippen molar-refractivity contribution in [2.24, 2.45) is 4.99 Å². The van der Waals surface area contributed by atoms with Gasteiger partial charge in [-0.25, -0.2) is 0 Å². The molecule has 5 heteroatoms. The molecule has 0 bridgehead atoms. The lowest BCUT2D eigenvalue weighted by Crippen LogP contribution is -2.12. The summed E-state index contributed by atoms with van der Waals surface area (Å²) in [6.07, 6.45) is 0. The Morgan fingerprint density at radius 2 is 2.38 bits per heavy atom. The first-order valence-electron chi connectivity index (χ1n) is 3.67. The summed E-state index contributed by atoms with van der Waals surface area (Å²) in [5.41, 5.74) is -0.135. The van der Waals surface area contributed by atoms with Crippen LogP contribution in [0.25, 0.3) is 0 Å². The van der Waals surface area contributed by atoms with Crippen molar-refractivity contribution in [2.45, 2.75) is 19.4 Å². The highest BCUT2D eigenvalue weighted by molar-refractivity contribution is 8.43.